The van der Waals surface area contributed by atoms with Crippen LogP contribution in [0.3, 0.4) is 0 Å². The molecule has 13 heteroatoms. The number of hydrogen-bond donors (Lipinski definition) is 1. The van der Waals surface area contributed by atoms with Crippen LogP contribution in [-0.2, 0) is 25.7 Å². The van der Waals surface area contributed by atoms with Crippen LogP contribution in [0.5, 0.6) is 5.75 Å². The number of carbonyl (C=O) groups excluding carboxylic acids is 4. The van der Waals surface area contributed by atoms with Crippen molar-refractivity contribution >= 4 is 69.8 Å². The van der Waals surface area contributed by atoms with Crippen molar-refractivity contribution in [3.8, 4) is 5.75 Å². The van der Waals surface area contributed by atoms with Crippen molar-refractivity contribution in [2.24, 2.45) is 5.92 Å². The average molecular weight is 664 g/mol. The SMILES string of the molecule is CCOC(=O)c1ccc(N2C(=O)C3Sc4c(sc(=O)n4CC(=O)Nc4ccc(Cl)cc4)[C@H](c4ccccc4OC)C3C2=O)cc1. The number of aromatic nitrogens is 1. The Morgan fingerprint density at radius 3 is 2.36 bits per heavy atom. The fourth-order valence-electron chi connectivity index (χ4n) is 5.61. The van der Waals surface area contributed by atoms with Crippen LogP contribution in [0.2, 0.25) is 5.02 Å². The molecule has 0 bridgehead atoms. The van der Waals surface area contributed by atoms with Gasteiger partial charge in [-0.3, -0.25) is 23.7 Å². The Bertz CT molecular complexity index is 1870. The number of anilines is 2. The van der Waals surface area contributed by atoms with Crippen molar-refractivity contribution in [1.29, 1.82) is 0 Å². The van der Waals surface area contributed by atoms with Crippen molar-refractivity contribution in [3.05, 3.63) is 103 Å². The van der Waals surface area contributed by atoms with E-state index in [-0.39, 0.29) is 18.0 Å². The number of esters is 1. The van der Waals surface area contributed by atoms with E-state index in [1.807, 2.05) is 6.07 Å². The Balaban J connectivity index is 1.39. The smallest absolute Gasteiger partial charge is 0.338 e. The van der Waals surface area contributed by atoms with Gasteiger partial charge >= 0.3 is 10.8 Å². The molecule has 3 heterocycles. The van der Waals surface area contributed by atoms with E-state index in [4.69, 9.17) is 21.1 Å². The third-order valence-electron chi connectivity index (χ3n) is 7.59. The molecule has 230 valence electrons. The van der Waals surface area contributed by atoms with Gasteiger partial charge in [0.05, 0.1) is 35.9 Å². The number of benzene rings is 3. The van der Waals surface area contributed by atoms with E-state index in [0.29, 0.717) is 43.2 Å². The molecule has 1 fully saturated rings. The maximum absolute atomic E-state index is 14.2. The Morgan fingerprint density at radius 2 is 1.67 bits per heavy atom. The lowest BCUT2D eigenvalue weighted by atomic mass is 9.82. The van der Waals surface area contributed by atoms with Crippen LogP contribution in [-0.4, -0.2) is 47.2 Å². The van der Waals surface area contributed by atoms with Gasteiger partial charge in [0.15, 0.2) is 0 Å². The molecule has 0 radical (unpaired) electrons. The molecule has 3 atom stereocenters. The number of ether oxygens (including phenoxy) is 2. The van der Waals surface area contributed by atoms with Gasteiger partial charge in [-0.1, -0.05) is 52.9 Å². The lowest BCUT2D eigenvalue weighted by Crippen LogP contribution is -2.33. The van der Waals surface area contributed by atoms with E-state index < -0.39 is 40.8 Å². The molecule has 1 aromatic heterocycles. The second-order valence-corrected chi connectivity index (χ2v) is 12.8. The lowest BCUT2D eigenvalue weighted by Gasteiger charge is -2.31. The summed E-state index contributed by atoms with van der Waals surface area (Å²) in [6.07, 6.45) is 0. The van der Waals surface area contributed by atoms with Crippen molar-refractivity contribution in [1.82, 2.24) is 4.57 Å². The van der Waals surface area contributed by atoms with Gasteiger partial charge in [0.2, 0.25) is 17.7 Å². The van der Waals surface area contributed by atoms with Crippen LogP contribution in [0.25, 0.3) is 0 Å². The van der Waals surface area contributed by atoms with Gasteiger partial charge in [-0.15, -0.1) is 0 Å². The first kappa shape index (κ1) is 30.6. The minimum Gasteiger partial charge on any atom is -0.496 e. The van der Waals surface area contributed by atoms with Crippen LogP contribution >= 0.6 is 34.7 Å². The monoisotopic (exact) mass is 663 g/mol. The molecular weight excluding hydrogens is 638 g/mol. The molecule has 0 saturated carbocycles. The highest BCUT2D eigenvalue weighted by molar-refractivity contribution is 8.00. The zero-order valence-corrected chi connectivity index (χ0v) is 26.4. The van der Waals surface area contributed by atoms with E-state index in [9.17, 15) is 24.0 Å². The highest BCUT2D eigenvalue weighted by Crippen LogP contribution is 2.55. The number of thioether (sulfide) groups is 1. The predicted molar refractivity (Wildman–Crippen MR) is 172 cm³/mol. The summed E-state index contributed by atoms with van der Waals surface area (Å²) in [4.78, 5) is 68.1. The summed E-state index contributed by atoms with van der Waals surface area (Å²) in [5.74, 6) is -2.88. The van der Waals surface area contributed by atoms with E-state index in [1.54, 1.807) is 49.4 Å². The number of rotatable bonds is 8. The van der Waals surface area contributed by atoms with Gasteiger partial charge in [0.25, 0.3) is 0 Å². The first-order valence-electron chi connectivity index (χ1n) is 13.9. The molecule has 3 amide bonds. The van der Waals surface area contributed by atoms with Crippen LogP contribution in [0, 0.1) is 5.92 Å². The zero-order valence-electron chi connectivity index (χ0n) is 24.0. The summed E-state index contributed by atoms with van der Waals surface area (Å²) in [5, 5.41) is 2.86. The summed E-state index contributed by atoms with van der Waals surface area (Å²) in [6, 6.07) is 19.9. The summed E-state index contributed by atoms with van der Waals surface area (Å²) < 4.78 is 12.1. The number of methoxy groups -OCH3 is 1. The number of hydrogen-bond acceptors (Lipinski definition) is 9. The van der Waals surface area contributed by atoms with Crippen LogP contribution < -0.4 is 19.8 Å². The van der Waals surface area contributed by atoms with Gasteiger partial charge in [-0.05, 0) is 61.5 Å². The molecule has 45 heavy (non-hydrogen) atoms. The summed E-state index contributed by atoms with van der Waals surface area (Å²) in [6.45, 7) is 1.62. The number of halogens is 1. The average Bonchev–Trinajstić information content (AvgIpc) is 3.48. The van der Waals surface area contributed by atoms with Crippen molar-refractivity contribution in [2.75, 3.05) is 23.9 Å². The fourth-order valence-corrected chi connectivity index (χ4v) is 8.50. The molecule has 2 aliphatic heterocycles. The van der Waals surface area contributed by atoms with Gasteiger partial charge in [0, 0.05) is 27.1 Å². The Hall–Kier alpha value is -4.39. The van der Waals surface area contributed by atoms with Crippen molar-refractivity contribution in [3.63, 3.8) is 0 Å². The molecule has 2 aliphatic rings. The third kappa shape index (κ3) is 5.65. The van der Waals surface area contributed by atoms with Gasteiger partial charge in [0.1, 0.15) is 17.5 Å². The van der Waals surface area contributed by atoms with Crippen molar-refractivity contribution < 1.29 is 28.7 Å². The minimum atomic E-state index is -0.885. The molecule has 0 spiro atoms. The van der Waals surface area contributed by atoms with E-state index in [0.717, 1.165) is 28.0 Å². The Labute approximate surface area is 270 Å². The maximum atomic E-state index is 14.2. The predicted octanol–water partition coefficient (Wildman–Crippen LogP) is 5.18. The molecular formula is C32H26ClN3O7S2. The minimum absolute atomic E-state index is 0.215. The van der Waals surface area contributed by atoms with Gasteiger partial charge in [-0.2, -0.15) is 0 Å². The molecule has 6 rings (SSSR count). The summed E-state index contributed by atoms with van der Waals surface area (Å²) in [7, 11) is 1.52. The number of para-hydroxylation sites is 1. The largest absolute Gasteiger partial charge is 0.496 e. The molecule has 10 nitrogen and oxygen atoms in total. The zero-order chi connectivity index (χ0) is 31.8. The number of carbonyl (C=O) groups is 4. The highest BCUT2D eigenvalue weighted by atomic mass is 35.5. The number of fused-ring (bicyclic) bond motifs is 2. The van der Waals surface area contributed by atoms with E-state index >= 15 is 0 Å². The summed E-state index contributed by atoms with van der Waals surface area (Å²) in [5.41, 5.74) is 1.77. The number of imide groups is 1. The number of thiazole rings is 1. The number of amides is 3. The van der Waals surface area contributed by atoms with Crippen molar-refractivity contribution in [2.45, 2.75) is 29.7 Å². The van der Waals surface area contributed by atoms with Crippen LogP contribution in [0.15, 0.2) is 82.6 Å². The highest BCUT2D eigenvalue weighted by Gasteiger charge is 2.57. The van der Waals surface area contributed by atoms with E-state index in [2.05, 4.69) is 5.32 Å². The Morgan fingerprint density at radius 1 is 0.956 bits per heavy atom. The second-order valence-electron chi connectivity index (χ2n) is 10.2. The normalized spacial score (nSPS) is 18.7. The van der Waals surface area contributed by atoms with Crippen LogP contribution in [0.1, 0.15) is 33.6 Å². The first-order valence-corrected chi connectivity index (χ1v) is 16.0. The number of nitrogens with zero attached hydrogens (tertiary/aromatic N) is 2. The van der Waals surface area contributed by atoms with Crippen LogP contribution in [0.4, 0.5) is 11.4 Å². The lowest BCUT2D eigenvalue weighted by molar-refractivity contribution is -0.122. The molecule has 1 N–H and O–H groups in total. The molecule has 2 unspecified atom stereocenters. The third-order valence-corrected chi connectivity index (χ3v) is 10.4. The van der Waals surface area contributed by atoms with Gasteiger partial charge in [-0.25, -0.2) is 9.69 Å². The molecule has 4 aromatic rings. The standard InChI is InChI=1S/C32H26ClN3O7S2/c1-3-43-31(40)17-8-14-20(15-9-17)36-28(38)25-24(21-6-4-5-7-22(21)42-2)27-30(44-26(25)29(36)39)35(32(41)45-27)16-23(37)34-19-12-10-18(33)11-13-19/h4-15,24-26H,3,16H2,1-2H3,(H,34,37)/t24-,25?,26?/m1/s1. The van der Waals surface area contributed by atoms with Gasteiger partial charge < -0.3 is 14.8 Å². The molecule has 1 saturated heterocycles. The topological polar surface area (TPSA) is 124 Å². The molecule has 0 aliphatic carbocycles. The number of nitrogens with one attached hydrogen (secondary N) is 1. The fraction of sp³-hybridized carbons (Fsp3) is 0.219. The Kier molecular flexibility index (Phi) is 8.54. The first-order chi connectivity index (χ1) is 21.7. The summed E-state index contributed by atoms with van der Waals surface area (Å²) >= 11 is 8.01. The second kappa shape index (κ2) is 12.5. The molecule has 3 aromatic carbocycles. The van der Waals surface area contributed by atoms with E-state index in [1.165, 1.54) is 35.9 Å². The quantitative estimate of drug-likeness (QED) is 0.202. The maximum Gasteiger partial charge on any atom is 0.338 e.